The van der Waals surface area contributed by atoms with E-state index in [2.05, 4.69) is 52.8 Å². The van der Waals surface area contributed by atoms with Gasteiger partial charge in [0.2, 0.25) is 5.91 Å². The van der Waals surface area contributed by atoms with Gasteiger partial charge in [-0.3, -0.25) is 4.79 Å². The lowest BCUT2D eigenvalue weighted by Gasteiger charge is -2.42. The highest BCUT2D eigenvalue weighted by Gasteiger charge is 2.57. The van der Waals surface area contributed by atoms with Crippen molar-refractivity contribution in [3.63, 3.8) is 0 Å². The molecule has 1 saturated heterocycles. The van der Waals surface area contributed by atoms with Crippen molar-refractivity contribution in [1.29, 1.82) is 0 Å². The highest BCUT2D eigenvalue weighted by Crippen LogP contribution is 2.65. The number of nitrogens with zero attached hydrogens (tertiary/aromatic N) is 3. The van der Waals surface area contributed by atoms with Crippen LogP contribution in [-0.2, 0) is 4.79 Å². The number of carbonyl (C=O) groups is 1. The standard InChI is InChI=1S/C20H26N4OS2/c1-12(2)24-18-14(10-22-24)9-17(11-21-18)23-19(25)13-7-15-3-4-16(8-13)20(15)26-5-6-27-20/h9-13,15-16H,3-8H2,1-2H3,(H,23,25)/t13?,15-,16+. The zero-order valence-corrected chi connectivity index (χ0v) is 17.5. The van der Waals surface area contributed by atoms with Crippen molar-refractivity contribution in [3.8, 4) is 0 Å². The summed E-state index contributed by atoms with van der Waals surface area (Å²) >= 11 is 4.36. The van der Waals surface area contributed by atoms with Crippen molar-refractivity contribution in [3.05, 3.63) is 18.5 Å². The zero-order chi connectivity index (χ0) is 18.6. The Morgan fingerprint density at radius 3 is 2.59 bits per heavy atom. The van der Waals surface area contributed by atoms with Gasteiger partial charge in [-0.1, -0.05) is 0 Å². The summed E-state index contributed by atoms with van der Waals surface area (Å²) in [6, 6.07) is 2.26. The van der Waals surface area contributed by atoms with E-state index in [9.17, 15) is 4.79 Å². The first-order chi connectivity index (χ1) is 13.1. The van der Waals surface area contributed by atoms with Gasteiger partial charge in [-0.2, -0.15) is 5.10 Å². The molecule has 1 N–H and O–H groups in total. The largest absolute Gasteiger partial charge is 0.324 e. The van der Waals surface area contributed by atoms with E-state index in [-0.39, 0.29) is 17.9 Å². The molecular formula is C20H26N4OS2. The maximum absolute atomic E-state index is 13.0. The Hall–Kier alpha value is -1.21. The minimum absolute atomic E-state index is 0.143. The summed E-state index contributed by atoms with van der Waals surface area (Å²) in [7, 11) is 0. The summed E-state index contributed by atoms with van der Waals surface area (Å²) in [5, 5.41) is 8.52. The Labute approximate surface area is 168 Å². The van der Waals surface area contributed by atoms with Crippen LogP contribution < -0.4 is 5.32 Å². The minimum atomic E-state index is 0.143. The van der Waals surface area contributed by atoms with Crippen LogP contribution in [0.2, 0.25) is 0 Å². The van der Waals surface area contributed by atoms with Gasteiger partial charge < -0.3 is 5.32 Å². The van der Waals surface area contributed by atoms with E-state index in [1.165, 1.54) is 24.3 Å². The monoisotopic (exact) mass is 402 g/mol. The van der Waals surface area contributed by atoms with Crippen molar-refractivity contribution in [2.24, 2.45) is 17.8 Å². The van der Waals surface area contributed by atoms with E-state index < -0.39 is 0 Å². The molecule has 1 aliphatic heterocycles. The Balaban J connectivity index is 1.31. The van der Waals surface area contributed by atoms with Crippen LogP contribution in [0.15, 0.2) is 18.5 Å². The molecule has 1 unspecified atom stereocenters. The van der Waals surface area contributed by atoms with Gasteiger partial charge in [0, 0.05) is 28.9 Å². The third kappa shape index (κ3) is 2.89. The molecule has 1 amide bonds. The summed E-state index contributed by atoms with van der Waals surface area (Å²) in [5.74, 6) is 4.29. The number of aromatic nitrogens is 3. The van der Waals surface area contributed by atoms with Crippen molar-refractivity contribution < 1.29 is 4.79 Å². The first kappa shape index (κ1) is 17.9. The fourth-order valence-electron chi connectivity index (χ4n) is 5.25. The summed E-state index contributed by atoms with van der Waals surface area (Å²) in [6.07, 6.45) is 8.29. The predicted octanol–water partition coefficient (Wildman–Crippen LogP) is 4.56. The van der Waals surface area contributed by atoms with E-state index in [1.807, 2.05) is 16.9 Å². The number of rotatable bonds is 3. The Morgan fingerprint density at radius 1 is 1.22 bits per heavy atom. The molecule has 2 aliphatic carbocycles. The molecule has 1 spiro atoms. The van der Waals surface area contributed by atoms with E-state index in [4.69, 9.17) is 0 Å². The van der Waals surface area contributed by atoms with Crippen molar-refractivity contribution in [2.75, 3.05) is 16.8 Å². The average molecular weight is 403 g/mol. The highest BCUT2D eigenvalue weighted by atomic mass is 32.2. The van der Waals surface area contributed by atoms with E-state index in [1.54, 1.807) is 6.20 Å². The molecular weight excluding hydrogens is 376 g/mol. The van der Waals surface area contributed by atoms with E-state index >= 15 is 0 Å². The van der Waals surface area contributed by atoms with Gasteiger partial charge >= 0.3 is 0 Å². The quantitative estimate of drug-likeness (QED) is 0.815. The lowest BCUT2D eigenvalue weighted by Crippen LogP contribution is -2.41. The molecule has 3 aliphatic rings. The van der Waals surface area contributed by atoms with Gasteiger partial charge in [0.1, 0.15) is 0 Å². The fraction of sp³-hybridized carbons (Fsp3) is 0.650. The molecule has 27 heavy (non-hydrogen) atoms. The molecule has 0 radical (unpaired) electrons. The highest BCUT2D eigenvalue weighted by molar-refractivity contribution is 8.21. The lowest BCUT2D eigenvalue weighted by molar-refractivity contribution is -0.121. The van der Waals surface area contributed by atoms with Gasteiger partial charge in [0.25, 0.3) is 0 Å². The van der Waals surface area contributed by atoms with Crippen LogP contribution in [0, 0.1) is 17.8 Å². The molecule has 3 fully saturated rings. The van der Waals surface area contributed by atoms with Gasteiger partial charge in [-0.25, -0.2) is 9.67 Å². The maximum atomic E-state index is 13.0. The summed E-state index contributed by atoms with van der Waals surface area (Å²) in [4.78, 5) is 17.5. The van der Waals surface area contributed by atoms with Crippen LogP contribution >= 0.6 is 23.5 Å². The lowest BCUT2D eigenvalue weighted by atomic mass is 9.79. The maximum Gasteiger partial charge on any atom is 0.227 e. The number of amides is 1. The first-order valence-electron chi connectivity index (χ1n) is 9.99. The van der Waals surface area contributed by atoms with Crippen LogP contribution in [-0.4, -0.2) is 36.3 Å². The second-order valence-corrected chi connectivity index (χ2v) is 11.4. The van der Waals surface area contributed by atoms with Crippen molar-refractivity contribution in [2.45, 2.75) is 49.7 Å². The summed E-state index contributed by atoms with van der Waals surface area (Å²) in [6.45, 7) is 4.18. The number of thioether (sulfide) groups is 2. The predicted molar refractivity (Wildman–Crippen MR) is 113 cm³/mol. The number of anilines is 1. The third-order valence-electron chi connectivity index (χ3n) is 6.44. The molecule has 5 nitrogen and oxygen atoms in total. The Morgan fingerprint density at radius 2 is 1.93 bits per heavy atom. The van der Waals surface area contributed by atoms with Crippen LogP contribution in [0.5, 0.6) is 0 Å². The third-order valence-corrected chi connectivity index (χ3v) is 10.5. The number of nitrogens with one attached hydrogen (secondary N) is 1. The average Bonchev–Trinajstić information content (AvgIpc) is 3.33. The molecule has 3 atom stereocenters. The van der Waals surface area contributed by atoms with Crippen molar-refractivity contribution >= 4 is 46.2 Å². The first-order valence-corrected chi connectivity index (χ1v) is 12.0. The number of fused-ring (bicyclic) bond motifs is 1. The van der Waals surface area contributed by atoms with Gasteiger partial charge in [0.15, 0.2) is 5.65 Å². The van der Waals surface area contributed by atoms with Crippen LogP contribution in [0.1, 0.15) is 45.6 Å². The molecule has 3 heterocycles. The second-order valence-electron chi connectivity index (χ2n) is 8.37. The molecule has 2 aromatic rings. The zero-order valence-electron chi connectivity index (χ0n) is 15.9. The number of pyridine rings is 1. The topological polar surface area (TPSA) is 59.8 Å². The molecule has 144 valence electrons. The number of hydrogen-bond donors (Lipinski definition) is 1. The minimum Gasteiger partial charge on any atom is -0.324 e. The van der Waals surface area contributed by atoms with Crippen LogP contribution in [0.3, 0.4) is 0 Å². The molecule has 2 bridgehead atoms. The van der Waals surface area contributed by atoms with Gasteiger partial charge in [0.05, 0.1) is 22.2 Å². The van der Waals surface area contributed by atoms with Gasteiger partial charge in [-0.15, -0.1) is 23.5 Å². The summed E-state index contributed by atoms with van der Waals surface area (Å²) in [5.41, 5.74) is 1.66. The molecule has 7 heteroatoms. The van der Waals surface area contributed by atoms with E-state index in [0.717, 1.165) is 29.6 Å². The van der Waals surface area contributed by atoms with Gasteiger partial charge in [-0.05, 0) is 57.4 Å². The molecule has 2 aromatic heterocycles. The molecule has 0 aromatic carbocycles. The normalized spacial score (nSPS) is 29.1. The van der Waals surface area contributed by atoms with Crippen LogP contribution in [0.4, 0.5) is 5.69 Å². The van der Waals surface area contributed by atoms with Crippen LogP contribution in [0.25, 0.3) is 11.0 Å². The Bertz CT molecular complexity index is 858. The Kier molecular flexibility index (Phi) is 4.43. The number of carbonyl (C=O) groups excluding carboxylic acids is 1. The fourth-order valence-corrected chi connectivity index (χ4v) is 9.18. The molecule has 5 rings (SSSR count). The second kappa shape index (κ2) is 6.69. The SMILES string of the molecule is CC(C)n1ncc2cc(NC(=O)C3C[C@H]4CC[C@@H](C3)C43SCCS3)cnc21. The number of hydrogen-bond acceptors (Lipinski definition) is 5. The van der Waals surface area contributed by atoms with Crippen molar-refractivity contribution in [1.82, 2.24) is 14.8 Å². The molecule has 2 saturated carbocycles. The smallest absolute Gasteiger partial charge is 0.227 e. The summed E-state index contributed by atoms with van der Waals surface area (Å²) < 4.78 is 2.35. The van der Waals surface area contributed by atoms with E-state index in [0.29, 0.717) is 15.9 Å².